The summed E-state index contributed by atoms with van der Waals surface area (Å²) in [5, 5.41) is 13.3. The highest BCUT2D eigenvalue weighted by atomic mass is 16.5. The van der Waals surface area contributed by atoms with E-state index >= 15 is 0 Å². The first-order chi connectivity index (χ1) is 15.2. The third-order valence-electron chi connectivity index (χ3n) is 10.9. The quantitative estimate of drug-likeness (QED) is 0.347. The molecule has 0 amide bonds. The van der Waals surface area contributed by atoms with E-state index in [-0.39, 0.29) is 11.5 Å². The van der Waals surface area contributed by atoms with Crippen LogP contribution in [0.25, 0.3) is 0 Å². The van der Waals surface area contributed by atoms with Crippen LogP contribution in [0, 0.1) is 52.3 Å². The van der Waals surface area contributed by atoms with E-state index < -0.39 is 6.40 Å². The molecule has 0 bridgehead atoms. The molecule has 31 heavy (non-hydrogen) atoms. The molecule has 0 aromatic heterocycles. The van der Waals surface area contributed by atoms with E-state index in [1.165, 1.54) is 57.8 Å². The van der Waals surface area contributed by atoms with Crippen molar-refractivity contribution in [2.75, 3.05) is 7.11 Å². The largest absolute Gasteiger partial charge is 0.411 e. The van der Waals surface area contributed by atoms with Crippen LogP contribution in [0.2, 0.25) is 0 Å². The molecule has 4 saturated carbocycles. The lowest BCUT2D eigenvalue weighted by molar-refractivity contribution is -0.135. The minimum Gasteiger partial charge on any atom is -0.411 e. The van der Waals surface area contributed by atoms with Gasteiger partial charge in [0.1, 0.15) is 0 Å². The van der Waals surface area contributed by atoms with Crippen LogP contribution in [0.5, 0.6) is 0 Å². The monoisotopic (exact) mass is 432 g/mol. The average molecular weight is 433 g/mol. The van der Waals surface area contributed by atoms with E-state index in [1.807, 2.05) is 0 Å². The molecule has 0 saturated heterocycles. The summed E-state index contributed by atoms with van der Waals surface area (Å²) in [7, 11) is 1.75. The van der Waals surface area contributed by atoms with Crippen molar-refractivity contribution < 1.29 is 11.3 Å². The van der Waals surface area contributed by atoms with Crippen LogP contribution in [0.4, 0.5) is 0 Å². The van der Waals surface area contributed by atoms with E-state index in [4.69, 9.17) is 6.11 Å². The standard InChI is InChI=1S/C28H49NO2/c1-18(2)8-7-9-19(3)22-12-13-23-21-10-11-25-26(31-6)16-20(29-30)17-28(25,5)24(21)14-15-27(22,23)4/h18-19,21-26,30H,7-17H2,1-6H3/b29-20-/t19-,21+,22-,23+,24+,25+,26-,27-,28-/m1/s1/i16D/t16-,19+,21-,22+,23-,24-,25-,26+,27+,28+/m0. The number of oxime groups is 1. The molecule has 4 aliphatic rings. The summed E-state index contributed by atoms with van der Waals surface area (Å²) < 4.78 is 14.5. The lowest BCUT2D eigenvalue weighted by atomic mass is 9.44. The third-order valence-corrected chi connectivity index (χ3v) is 10.9. The van der Waals surface area contributed by atoms with Crippen LogP contribution < -0.4 is 0 Å². The highest BCUT2D eigenvalue weighted by Crippen LogP contribution is 2.68. The highest BCUT2D eigenvalue weighted by Gasteiger charge is 2.61. The Morgan fingerprint density at radius 1 is 1.03 bits per heavy atom. The van der Waals surface area contributed by atoms with Crippen LogP contribution in [-0.4, -0.2) is 24.1 Å². The Hall–Kier alpha value is -0.570. The maximum atomic E-state index is 9.68. The van der Waals surface area contributed by atoms with Gasteiger partial charge in [-0.15, -0.1) is 0 Å². The van der Waals surface area contributed by atoms with Gasteiger partial charge in [0.25, 0.3) is 0 Å². The molecular weight excluding hydrogens is 382 g/mol. The molecule has 0 aromatic carbocycles. The molecule has 3 nitrogen and oxygen atoms in total. The second-order valence-electron chi connectivity index (χ2n) is 12.7. The molecule has 4 fully saturated rings. The van der Waals surface area contributed by atoms with Crippen molar-refractivity contribution in [2.45, 2.75) is 111 Å². The first-order valence-electron chi connectivity index (χ1n) is 13.9. The second kappa shape index (κ2) is 8.99. The predicted octanol–water partition coefficient (Wildman–Crippen LogP) is 7.56. The molecule has 0 spiro atoms. The Morgan fingerprint density at radius 2 is 1.74 bits per heavy atom. The van der Waals surface area contributed by atoms with Crippen molar-refractivity contribution >= 4 is 5.71 Å². The zero-order valence-electron chi connectivity index (χ0n) is 22.1. The first kappa shape index (κ1) is 22.2. The molecule has 10 atom stereocenters. The number of nitrogens with zero attached hydrogens (tertiary/aromatic N) is 1. The summed E-state index contributed by atoms with van der Waals surface area (Å²) in [4.78, 5) is 0. The molecule has 178 valence electrons. The Morgan fingerprint density at radius 3 is 2.42 bits per heavy atom. The van der Waals surface area contributed by atoms with Gasteiger partial charge in [0.15, 0.2) is 0 Å². The topological polar surface area (TPSA) is 41.8 Å². The first-order valence-corrected chi connectivity index (χ1v) is 13.3. The molecule has 0 radical (unpaired) electrons. The predicted molar refractivity (Wildman–Crippen MR) is 128 cm³/mol. The number of fused-ring (bicyclic) bond motifs is 5. The number of hydrogen-bond donors (Lipinski definition) is 1. The van der Waals surface area contributed by atoms with Gasteiger partial charge in [0.05, 0.1) is 11.8 Å². The SMILES string of the molecule is [2H][C@H]1/C(=N/O)C[C@]2(C)[C@H]3CC[C@]4(C)[C@@H]([C@H](C)CCCC(C)C)CC[C@H]4[C@@H]3CC[C@H]2[C@@H]1OC. The number of methoxy groups -OCH3 is 1. The maximum absolute atomic E-state index is 9.68. The van der Waals surface area contributed by atoms with Gasteiger partial charge in [0, 0.05) is 14.9 Å². The van der Waals surface area contributed by atoms with Crippen molar-refractivity contribution in [3.05, 3.63) is 0 Å². The molecule has 0 heterocycles. The van der Waals surface area contributed by atoms with E-state index in [0.29, 0.717) is 23.0 Å². The van der Waals surface area contributed by atoms with E-state index in [0.717, 1.165) is 36.0 Å². The van der Waals surface area contributed by atoms with Crippen LogP contribution in [0.15, 0.2) is 5.16 Å². The Bertz CT molecular complexity index is 695. The molecule has 0 aliphatic heterocycles. The van der Waals surface area contributed by atoms with Gasteiger partial charge in [-0.3, -0.25) is 0 Å². The zero-order valence-corrected chi connectivity index (χ0v) is 21.1. The lowest BCUT2D eigenvalue weighted by Crippen LogP contribution is -2.57. The normalized spacial score (nSPS) is 50.0. The fourth-order valence-electron chi connectivity index (χ4n) is 9.37. The summed E-state index contributed by atoms with van der Waals surface area (Å²) in [5.41, 5.74) is 1.25. The van der Waals surface area contributed by atoms with E-state index in [2.05, 4.69) is 39.8 Å². The van der Waals surface area contributed by atoms with Crippen molar-refractivity contribution in [3.8, 4) is 0 Å². The third kappa shape index (κ3) is 4.00. The van der Waals surface area contributed by atoms with Crippen molar-refractivity contribution in [2.24, 2.45) is 57.4 Å². The van der Waals surface area contributed by atoms with Gasteiger partial charge in [-0.2, -0.15) is 0 Å². The maximum Gasteiger partial charge on any atom is 0.0658 e. The van der Waals surface area contributed by atoms with Crippen LogP contribution in [-0.2, 0) is 4.74 Å². The van der Waals surface area contributed by atoms with Gasteiger partial charge in [-0.05, 0) is 97.2 Å². The van der Waals surface area contributed by atoms with E-state index in [9.17, 15) is 5.21 Å². The Kier molecular flexibility index (Phi) is 6.45. The van der Waals surface area contributed by atoms with Crippen LogP contribution in [0.1, 0.15) is 107 Å². The summed E-state index contributed by atoms with van der Waals surface area (Å²) in [6.45, 7) is 12.3. The zero-order chi connectivity index (χ0) is 23.3. The smallest absolute Gasteiger partial charge is 0.0658 e. The van der Waals surface area contributed by atoms with Crippen molar-refractivity contribution in [3.63, 3.8) is 0 Å². The fraction of sp³-hybridized carbons (Fsp3) is 0.964. The minimum atomic E-state index is -0.518. The second-order valence-corrected chi connectivity index (χ2v) is 12.7. The summed E-state index contributed by atoms with van der Waals surface area (Å²) in [6.07, 6.45) is 12.2. The lowest BCUT2D eigenvalue weighted by Gasteiger charge is -2.61. The van der Waals surface area contributed by atoms with Crippen LogP contribution >= 0.6 is 0 Å². The van der Waals surface area contributed by atoms with E-state index in [1.54, 1.807) is 7.11 Å². The minimum absolute atomic E-state index is 0.102. The highest BCUT2D eigenvalue weighted by molar-refractivity contribution is 5.86. The number of hydrogen-bond acceptors (Lipinski definition) is 3. The van der Waals surface area contributed by atoms with Crippen molar-refractivity contribution in [1.82, 2.24) is 0 Å². The van der Waals surface area contributed by atoms with Gasteiger partial charge < -0.3 is 9.94 Å². The number of ether oxygens (including phenoxy) is 1. The summed E-state index contributed by atoms with van der Waals surface area (Å²) >= 11 is 0. The van der Waals surface area contributed by atoms with Gasteiger partial charge in [-0.1, -0.05) is 59.0 Å². The average Bonchev–Trinajstić information content (AvgIpc) is 3.10. The molecule has 4 aliphatic carbocycles. The summed E-state index contributed by atoms with van der Waals surface area (Å²) in [5.74, 6) is 5.29. The molecule has 3 heteroatoms. The van der Waals surface area contributed by atoms with Crippen LogP contribution in [0.3, 0.4) is 0 Å². The Balaban J connectivity index is 1.53. The van der Waals surface area contributed by atoms with Gasteiger partial charge in [0.2, 0.25) is 0 Å². The fourth-order valence-corrected chi connectivity index (χ4v) is 9.37. The Labute approximate surface area is 193 Å². The van der Waals surface area contributed by atoms with Gasteiger partial charge in [-0.25, -0.2) is 0 Å². The molecule has 0 aromatic rings. The van der Waals surface area contributed by atoms with Gasteiger partial charge >= 0.3 is 0 Å². The number of rotatable bonds is 6. The molecule has 0 unspecified atom stereocenters. The summed E-state index contributed by atoms with van der Waals surface area (Å²) in [6, 6.07) is 0. The van der Waals surface area contributed by atoms with Crippen molar-refractivity contribution in [1.29, 1.82) is 0 Å². The molecular formula is C28H49NO2. The molecule has 1 N–H and O–H groups in total. The molecule has 4 rings (SSSR count).